The molecule has 1 heterocycles. The summed E-state index contributed by atoms with van der Waals surface area (Å²) < 4.78 is 0. The number of rotatable bonds is 11. The van der Waals surface area contributed by atoms with Gasteiger partial charge < -0.3 is 15.5 Å². The highest BCUT2D eigenvalue weighted by Crippen LogP contribution is 2.20. The van der Waals surface area contributed by atoms with E-state index in [9.17, 15) is 9.59 Å². The van der Waals surface area contributed by atoms with Crippen LogP contribution in [0.25, 0.3) is 0 Å². The van der Waals surface area contributed by atoms with Crippen LogP contribution in [-0.2, 0) is 11.2 Å². The average molecular weight is 436 g/mol. The number of carbonyl (C=O) groups is 2. The molecule has 2 N–H and O–H groups in total. The fourth-order valence-electron chi connectivity index (χ4n) is 4.45. The Hall–Kier alpha value is -2.82. The van der Waals surface area contributed by atoms with Gasteiger partial charge in [0.15, 0.2) is 0 Å². The highest BCUT2D eigenvalue weighted by Gasteiger charge is 2.37. The summed E-state index contributed by atoms with van der Waals surface area (Å²) in [5.74, 6) is -0.0338. The van der Waals surface area contributed by atoms with Crippen molar-refractivity contribution in [2.24, 2.45) is 0 Å². The molecule has 1 aromatic rings. The van der Waals surface area contributed by atoms with Gasteiger partial charge in [-0.3, -0.25) is 4.79 Å². The summed E-state index contributed by atoms with van der Waals surface area (Å²) in [6.45, 7) is 4.78. The van der Waals surface area contributed by atoms with Crippen molar-refractivity contribution < 1.29 is 9.59 Å². The monoisotopic (exact) mass is 435 g/mol. The maximum Gasteiger partial charge on any atom is 0.318 e. The topological polar surface area (TPSA) is 61.4 Å². The average Bonchev–Trinajstić information content (AvgIpc) is 2.98. The molecule has 172 valence electrons. The Labute approximate surface area is 192 Å². The molecule has 0 radical (unpaired) electrons. The summed E-state index contributed by atoms with van der Waals surface area (Å²) in [5, 5.41) is 6.32. The predicted octanol–water partition coefficient (Wildman–Crippen LogP) is 4.91. The van der Waals surface area contributed by atoms with Crippen LogP contribution < -0.4 is 10.6 Å². The molecule has 2 aliphatic rings. The number of nitrogens with zero attached hydrogens (tertiary/aromatic N) is 1. The molecule has 3 amide bonds. The minimum absolute atomic E-state index is 0.00883. The quantitative estimate of drug-likeness (QED) is 0.519. The molecule has 0 spiro atoms. The van der Waals surface area contributed by atoms with Crippen molar-refractivity contribution in [3.8, 4) is 0 Å². The van der Waals surface area contributed by atoms with Gasteiger partial charge in [-0.25, -0.2) is 4.79 Å². The van der Waals surface area contributed by atoms with Gasteiger partial charge in [0.05, 0.1) is 6.04 Å². The number of amides is 3. The summed E-state index contributed by atoms with van der Waals surface area (Å²) >= 11 is 0. The van der Waals surface area contributed by atoms with Gasteiger partial charge >= 0.3 is 6.03 Å². The molecule has 3 unspecified atom stereocenters. The summed E-state index contributed by atoms with van der Waals surface area (Å²) in [6.07, 6.45) is 16.5. The Kier molecular flexibility index (Phi) is 9.14. The number of carbonyl (C=O) groups excluding carboxylic acids is 2. The molecule has 0 saturated carbocycles. The van der Waals surface area contributed by atoms with E-state index >= 15 is 0 Å². The molecule has 1 saturated heterocycles. The predicted molar refractivity (Wildman–Crippen MR) is 130 cm³/mol. The van der Waals surface area contributed by atoms with Crippen LogP contribution in [0.1, 0.15) is 57.9 Å². The number of allylic oxidation sites excluding steroid dienone is 5. The van der Waals surface area contributed by atoms with E-state index in [1.54, 1.807) is 4.90 Å². The highest BCUT2D eigenvalue weighted by atomic mass is 16.2. The lowest BCUT2D eigenvalue weighted by Crippen LogP contribution is -2.51. The molecule has 1 aliphatic heterocycles. The number of aryl methyl sites for hydroxylation is 1. The molecule has 3 rings (SSSR count). The second kappa shape index (κ2) is 12.3. The first kappa shape index (κ1) is 23.8. The molecule has 0 bridgehead atoms. The van der Waals surface area contributed by atoms with Crippen molar-refractivity contribution in [2.75, 3.05) is 6.54 Å². The van der Waals surface area contributed by atoms with E-state index in [1.807, 2.05) is 18.2 Å². The Morgan fingerprint density at radius 3 is 2.75 bits per heavy atom. The molecule has 5 heteroatoms. The number of hydrogen-bond donors (Lipinski definition) is 2. The molecule has 5 nitrogen and oxygen atoms in total. The fourth-order valence-corrected chi connectivity index (χ4v) is 4.45. The first-order valence-corrected chi connectivity index (χ1v) is 12.0. The maximum atomic E-state index is 13.3. The Morgan fingerprint density at radius 2 is 2.00 bits per heavy atom. The van der Waals surface area contributed by atoms with Gasteiger partial charge in [-0.05, 0) is 49.7 Å². The standard InChI is InChI=1S/C27H37N3O2/c1-3-12-23(4-2)28-26(31)25(18-17-21-13-10-7-11-14-21)30-20-24(29-27(30)32)19-22-15-8-5-6-9-16-22/h5,7-11,13-16,23-25H,3-4,6,12,17-20H2,1-2H3,(H,28,31)(H,29,32). The van der Waals surface area contributed by atoms with Crippen molar-refractivity contribution in [1.29, 1.82) is 0 Å². The summed E-state index contributed by atoms with van der Waals surface area (Å²) in [4.78, 5) is 28.0. The molecule has 1 aromatic carbocycles. The van der Waals surface area contributed by atoms with Crippen LogP contribution in [0.4, 0.5) is 4.79 Å². The normalized spacial score (nSPS) is 19.8. The number of benzene rings is 1. The summed E-state index contributed by atoms with van der Waals surface area (Å²) in [6, 6.07) is 9.73. The smallest absolute Gasteiger partial charge is 0.318 e. The molecule has 0 aromatic heterocycles. The fraction of sp³-hybridized carbons (Fsp3) is 0.481. The van der Waals surface area contributed by atoms with E-state index < -0.39 is 6.04 Å². The van der Waals surface area contributed by atoms with Gasteiger partial charge in [0.1, 0.15) is 6.04 Å². The third-order valence-corrected chi connectivity index (χ3v) is 6.24. The third-order valence-electron chi connectivity index (χ3n) is 6.24. The van der Waals surface area contributed by atoms with E-state index in [0.717, 1.165) is 38.5 Å². The van der Waals surface area contributed by atoms with Crippen molar-refractivity contribution in [2.45, 2.75) is 76.9 Å². The second-order valence-corrected chi connectivity index (χ2v) is 8.75. The zero-order valence-electron chi connectivity index (χ0n) is 19.4. The van der Waals surface area contributed by atoms with Gasteiger partial charge in [-0.15, -0.1) is 0 Å². The summed E-state index contributed by atoms with van der Waals surface area (Å²) in [7, 11) is 0. The minimum Gasteiger partial charge on any atom is -0.352 e. The van der Waals surface area contributed by atoms with E-state index in [1.165, 1.54) is 11.1 Å². The van der Waals surface area contributed by atoms with Gasteiger partial charge in [0.2, 0.25) is 5.91 Å². The number of hydrogen-bond acceptors (Lipinski definition) is 2. The van der Waals surface area contributed by atoms with Gasteiger partial charge in [0, 0.05) is 12.6 Å². The van der Waals surface area contributed by atoms with E-state index in [2.05, 4.69) is 67.0 Å². The lowest BCUT2D eigenvalue weighted by Gasteiger charge is -2.28. The first-order chi connectivity index (χ1) is 15.6. The van der Waals surface area contributed by atoms with Crippen LogP contribution in [0.5, 0.6) is 0 Å². The molecule has 1 aliphatic carbocycles. The van der Waals surface area contributed by atoms with Crippen LogP contribution >= 0.6 is 0 Å². The van der Waals surface area contributed by atoms with E-state index in [-0.39, 0.29) is 24.0 Å². The first-order valence-electron chi connectivity index (χ1n) is 12.0. The van der Waals surface area contributed by atoms with Crippen LogP contribution in [0.3, 0.4) is 0 Å². The van der Waals surface area contributed by atoms with Gasteiger partial charge in [-0.2, -0.15) is 0 Å². The van der Waals surface area contributed by atoms with Crippen molar-refractivity contribution in [3.63, 3.8) is 0 Å². The van der Waals surface area contributed by atoms with Crippen LogP contribution in [0.15, 0.2) is 66.3 Å². The van der Waals surface area contributed by atoms with Crippen molar-refractivity contribution >= 4 is 11.9 Å². The summed E-state index contributed by atoms with van der Waals surface area (Å²) in [5.41, 5.74) is 2.38. The largest absolute Gasteiger partial charge is 0.352 e. The highest BCUT2D eigenvalue weighted by molar-refractivity contribution is 5.88. The number of urea groups is 1. The Balaban J connectivity index is 1.70. The molecule has 3 atom stereocenters. The zero-order chi connectivity index (χ0) is 22.8. The lowest BCUT2D eigenvalue weighted by atomic mass is 10.0. The van der Waals surface area contributed by atoms with Crippen LogP contribution in [0, 0.1) is 0 Å². The molecule has 1 fully saturated rings. The minimum atomic E-state index is -0.468. The molecule has 32 heavy (non-hydrogen) atoms. The lowest BCUT2D eigenvalue weighted by molar-refractivity contribution is -0.126. The van der Waals surface area contributed by atoms with Gasteiger partial charge in [-0.1, -0.05) is 81.0 Å². The maximum absolute atomic E-state index is 13.3. The third kappa shape index (κ3) is 6.84. The SMILES string of the molecule is CCCC(CC)NC(=O)C(CCc1ccccc1)N1CC(CC2=CC=CCC=C2)NC1=O. The Bertz CT molecular complexity index is 844. The Morgan fingerprint density at radius 1 is 1.19 bits per heavy atom. The van der Waals surface area contributed by atoms with Gasteiger partial charge in [0.25, 0.3) is 0 Å². The van der Waals surface area contributed by atoms with E-state index in [4.69, 9.17) is 0 Å². The number of nitrogens with one attached hydrogen (secondary N) is 2. The second-order valence-electron chi connectivity index (χ2n) is 8.75. The van der Waals surface area contributed by atoms with Crippen molar-refractivity contribution in [1.82, 2.24) is 15.5 Å². The van der Waals surface area contributed by atoms with E-state index in [0.29, 0.717) is 13.0 Å². The zero-order valence-corrected chi connectivity index (χ0v) is 19.4. The van der Waals surface area contributed by atoms with Crippen molar-refractivity contribution in [3.05, 3.63) is 71.8 Å². The van der Waals surface area contributed by atoms with Crippen LogP contribution in [0.2, 0.25) is 0 Å². The molecular weight excluding hydrogens is 398 g/mol. The molecular formula is C27H37N3O2. The van der Waals surface area contributed by atoms with Crippen LogP contribution in [-0.4, -0.2) is 41.5 Å².